The van der Waals surface area contributed by atoms with Crippen molar-refractivity contribution in [1.82, 2.24) is 4.98 Å². The fraction of sp³-hybridized carbons (Fsp3) is 0.167. The lowest BCUT2D eigenvalue weighted by Crippen LogP contribution is -2.00. The number of hydrogen-bond donors (Lipinski definition) is 1. The summed E-state index contributed by atoms with van der Waals surface area (Å²) in [5, 5.41) is 1.17. The van der Waals surface area contributed by atoms with Gasteiger partial charge in [-0.25, -0.2) is 0 Å². The molecule has 0 aliphatic carbocycles. The molecule has 0 unspecified atom stereocenters. The fourth-order valence-corrected chi connectivity index (χ4v) is 3.48. The van der Waals surface area contributed by atoms with Gasteiger partial charge in [-0.05, 0) is 48.7 Å². The summed E-state index contributed by atoms with van der Waals surface area (Å²) in [7, 11) is 0. The maximum absolute atomic E-state index is 5.90. The van der Waals surface area contributed by atoms with Crippen LogP contribution >= 0.6 is 11.8 Å². The highest BCUT2D eigenvalue weighted by molar-refractivity contribution is 7.99. The van der Waals surface area contributed by atoms with Gasteiger partial charge in [0, 0.05) is 27.9 Å². The zero-order chi connectivity index (χ0) is 14.8. The van der Waals surface area contributed by atoms with Gasteiger partial charge in [-0.2, -0.15) is 0 Å². The number of aromatic nitrogens is 1. The molecule has 0 radical (unpaired) electrons. The average Bonchev–Trinajstić information content (AvgIpc) is 2.51. The second-order valence-corrected chi connectivity index (χ2v) is 6.27. The summed E-state index contributed by atoms with van der Waals surface area (Å²) in [6.07, 6.45) is 1.89. The number of nitrogens with zero attached hydrogens (tertiary/aromatic N) is 1. The van der Waals surface area contributed by atoms with E-state index in [1.165, 1.54) is 26.3 Å². The molecule has 0 aliphatic heterocycles. The van der Waals surface area contributed by atoms with Crippen molar-refractivity contribution < 1.29 is 0 Å². The van der Waals surface area contributed by atoms with Crippen LogP contribution in [0.1, 0.15) is 16.7 Å². The molecule has 2 aromatic carbocycles. The Kier molecular flexibility index (Phi) is 3.95. The molecule has 0 fully saturated rings. The van der Waals surface area contributed by atoms with Crippen LogP contribution in [0.2, 0.25) is 0 Å². The summed E-state index contributed by atoms with van der Waals surface area (Å²) in [6, 6.07) is 14.8. The molecule has 0 saturated heterocycles. The van der Waals surface area contributed by atoms with Gasteiger partial charge in [0.15, 0.2) is 0 Å². The maximum atomic E-state index is 5.90. The van der Waals surface area contributed by atoms with Gasteiger partial charge in [-0.1, -0.05) is 36.0 Å². The van der Waals surface area contributed by atoms with E-state index in [0.29, 0.717) is 6.54 Å². The fourth-order valence-electron chi connectivity index (χ4n) is 2.32. The Labute approximate surface area is 129 Å². The molecule has 0 saturated carbocycles. The minimum Gasteiger partial charge on any atom is -0.326 e. The van der Waals surface area contributed by atoms with Crippen LogP contribution in [0.3, 0.4) is 0 Å². The standard InChI is InChI=1S/C18H18N2S/c1-12-7-8-15(9-13(12)2)21-18-14(10-19)11-20-17-6-4-3-5-16(17)18/h3-9,11H,10,19H2,1-2H3. The lowest BCUT2D eigenvalue weighted by Gasteiger charge is -2.12. The molecule has 1 aromatic heterocycles. The molecule has 2 N–H and O–H groups in total. The van der Waals surface area contributed by atoms with Gasteiger partial charge in [0.1, 0.15) is 0 Å². The third-order valence-electron chi connectivity index (χ3n) is 3.72. The Morgan fingerprint density at radius 2 is 1.86 bits per heavy atom. The summed E-state index contributed by atoms with van der Waals surface area (Å²) < 4.78 is 0. The van der Waals surface area contributed by atoms with Crippen molar-refractivity contribution in [3.8, 4) is 0 Å². The third-order valence-corrected chi connectivity index (χ3v) is 4.89. The van der Waals surface area contributed by atoms with E-state index in [0.717, 1.165) is 11.1 Å². The Hall–Kier alpha value is -1.84. The molecular weight excluding hydrogens is 276 g/mol. The lowest BCUT2D eigenvalue weighted by molar-refractivity contribution is 1.02. The Bertz CT molecular complexity index is 796. The van der Waals surface area contributed by atoms with E-state index in [1.54, 1.807) is 11.8 Å². The molecule has 3 aromatic rings. The first kappa shape index (κ1) is 14.1. The van der Waals surface area contributed by atoms with Gasteiger partial charge >= 0.3 is 0 Å². The summed E-state index contributed by atoms with van der Waals surface area (Å²) >= 11 is 1.77. The molecule has 0 bridgehead atoms. The number of nitrogens with two attached hydrogens (primary N) is 1. The monoisotopic (exact) mass is 294 g/mol. The van der Waals surface area contributed by atoms with Crippen LogP contribution in [0.15, 0.2) is 58.5 Å². The number of benzene rings is 2. The molecule has 21 heavy (non-hydrogen) atoms. The van der Waals surface area contributed by atoms with Gasteiger partial charge in [0.05, 0.1) is 5.52 Å². The first-order valence-corrected chi connectivity index (χ1v) is 7.82. The second kappa shape index (κ2) is 5.88. The smallest absolute Gasteiger partial charge is 0.0713 e. The minimum absolute atomic E-state index is 0.505. The molecule has 2 nitrogen and oxygen atoms in total. The normalized spacial score (nSPS) is 11.0. The highest BCUT2D eigenvalue weighted by Gasteiger charge is 2.10. The molecule has 3 rings (SSSR count). The SMILES string of the molecule is Cc1ccc(Sc2c(CN)cnc3ccccc23)cc1C. The Balaban J connectivity index is 2.11. The summed E-state index contributed by atoms with van der Waals surface area (Å²) in [5.74, 6) is 0. The molecule has 1 heterocycles. The van der Waals surface area contributed by atoms with Crippen molar-refractivity contribution in [2.45, 2.75) is 30.2 Å². The van der Waals surface area contributed by atoms with Crippen LogP contribution in [0.5, 0.6) is 0 Å². The van der Waals surface area contributed by atoms with Crippen LogP contribution in [0.25, 0.3) is 10.9 Å². The van der Waals surface area contributed by atoms with Crippen molar-refractivity contribution in [2.75, 3.05) is 0 Å². The highest BCUT2D eigenvalue weighted by Crippen LogP contribution is 2.36. The molecule has 106 valence electrons. The van der Waals surface area contributed by atoms with Crippen LogP contribution in [0, 0.1) is 13.8 Å². The van der Waals surface area contributed by atoms with E-state index < -0.39 is 0 Å². The molecule has 0 aliphatic rings. The second-order valence-electron chi connectivity index (χ2n) is 5.18. The quantitative estimate of drug-likeness (QED) is 0.775. The molecule has 0 atom stereocenters. The van der Waals surface area contributed by atoms with E-state index in [2.05, 4.69) is 49.2 Å². The van der Waals surface area contributed by atoms with Crippen LogP contribution in [0.4, 0.5) is 0 Å². The zero-order valence-electron chi connectivity index (χ0n) is 12.3. The average molecular weight is 294 g/mol. The van der Waals surface area contributed by atoms with Gasteiger partial charge in [0.25, 0.3) is 0 Å². The van der Waals surface area contributed by atoms with Gasteiger partial charge < -0.3 is 5.73 Å². The molecule has 0 spiro atoms. The first-order valence-electron chi connectivity index (χ1n) is 7.01. The van der Waals surface area contributed by atoms with Gasteiger partial charge in [0.2, 0.25) is 0 Å². The number of pyridine rings is 1. The van der Waals surface area contributed by atoms with E-state index in [1.807, 2.05) is 18.3 Å². The van der Waals surface area contributed by atoms with Crippen molar-refractivity contribution in [1.29, 1.82) is 0 Å². The third kappa shape index (κ3) is 2.80. The van der Waals surface area contributed by atoms with E-state index in [4.69, 9.17) is 5.73 Å². The lowest BCUT2D eigenvalue weighted by atomic mass is 10.1. The van der Waals surface area contributed by atoms with Crippen molar-refractivity contribution >= 4 is 22.7 Å². The van der Waals surface area contributed by atoms with Crippen molar-refractivity contribution in [3.05, 3.63) is 65.4 Å². The highest BCUT2D eigenvalue weighted by atomic mass is 32.2. The number of aryl methyl sites for hydroxylation is 2. The number of hydrogen-bond acceptors (Lipinski definition) is 3. The Morgan fingerprint density at radius 3 is 2.62 bits per heavy atom. The van der Waals surface area contributed by atoms with Crippen molar-refractivity contribution in [2.24, 2.45) is 5.73 Å². The summed E-state index contributed by atoms with van der Waals surface area (Å²) in [6.45, 7) is 4.79. The molecule has 3 heteroatoms. The minimum atomic E-state index is 0.505. The maximum Gasteiger partial charge on any atom is 0.0713 e. The van der Waals surface area contributed by atoms with Crippen molar-refractivity contribution in [3.63, 3.8) is 0 Å². The predicted molar refractivity (Wildman–Crippen MR) is 89.7 cm³/mol. The van der Waals surface area contributed by atoms with Crippen LogP contribution in [-0.4, -0.2) is 4.98 Å². The number of fused-ring (bicyclic) bond motifs is 1. The number of para-hydroxylation sites is 1. The molecule has 0 amide bonds. The van der Waals surface area contributed by atoms with E-state index >= 15 is 0 Å². The zero-order valence-corrected chi connectivity index (χ0v) is 13.1. The van der Waals surface area contributed by atoms with Gasteiger partial charge in [-0.15, -0.1) is 0 Å². The van der Waals surface area contributed by atoms with Crippen LogP contribution < -0.4 is 5.73 Å². The topological polar surface area (TPSA) is 38.9 Å². The largest absolute Gasteiger partial charge is 0.326 e. The molecular formula is C18H18N2S. The van der Waals surface area contributed by atoms with E-state index in [9.17, 15) is 0 Å². The Morgan fingerprint density at radius 1 is 1.05 bits per heavy atom. The number of rotatable bonds is 3. The van der Waals surface area contributed by atoms with Gasteiger partial charge in [-0.3, -0.25) is 4.98 Å². The summed E-state index contributed by atoms with van der Waals surface area (Å²) in [5.41, 5.74) is 10.6. The van der Waals surface area contributed by atoms with Crippen LogP contribution in [-0.2, 0) is 6.54 Å². The first-order chi connectivity index (χ1) is 10.2. The summed E-state index contributed by atoms with van der Waals surface area (Å²) in [4.78, 5) is 6.95. The predicted octanol–water partition coefficient (Wildman–Crippen LogP) is 4.46. The van der Waals surface area contributed by atoms with E-state index in [-0.39, 0.29) is 0 Å².